The molecule has 1 unspecified atom stereocenters. The highest BCUT2D eigenvalue weighted by molar-refractivity contribution is 5.26. The number of aryl methyl sites for hydroxylation is 1. The van der Waals surface area contributed by atoms with E-state index in [2.05, 4.69) is 31.2 Å². The normalized spacial score (nSPS) is 18.1. The summed E-state index contributed by atoms with van der Waals surface area (Å²) in [5.41, 5.74) is 8.87. The molecule has 0 spiro atoms. The van der Waals surface area contributed by atoms with Gasteiger partial charge in [0.1, 0.15) is 0 Å². The molecule has 1 nitrogen and oxygen atoms in total. The van der Waals surface area contributed by atoms with Crippen LogP contribution >= 0.6 is 0 Å². The number of hydrogen-bond acceptors (Lipinski definition) is 1. The van der Waals surface area contributed by atoms with Crippen molar-refractivity contribution >= 4 is 0 Å². The van der Waals surface area contributed by atoms with E-state index in [9.17, 15) is 0 Å². The average Bonchev–Trinajstić information content (AvgIpc) is 3.02. The first-order valence-electron chi connectivity index (χ1n) is 5.65. The summed E-state index contributed by atoms with van der Waals surface area (Å²) in [6, 6.07) is 9.13. The Morgan fingerprint density at radius 1 is 1.29 bits per heavy atom. The first-order valence-corrected chi connectivity index (χ1v) is 5.65. The summed E-state index contributed by atoms with van der Waals surface area (Å²) in [7, 11) is 0. The van der Waals surface area contributed by atoms with E-state index in [1.165, 1.54) is 36.8 Å². The molecule has 76 valence electrons. The summed E-state index contributed by atoms with van der Waals surface area (Å²) in [6.45, 7) is 2.21. The molecule has 1 heteroatoms. The highest BCUT2D eigenvalue weighted by Gasteiger charge is 2.29. The fourth-order valence-corrected chi connectivity index (χ4v) is 1.92. The molecule has 0 aromatic heterocycles. The van der Waals surface area contributed by atoms with Crippen molar-refractivity contribution in [2.24, 2.45) is 11.7 Å². The molecule has 0 aliphatic heterocycles. The highest BCUT2D eigenvalue weighted by atomic mass is 14.7. The summed E-state index contributed by atoms with van der Waals surface area (Å²) >= 11 is 0. The molecule has 14 heavy (non-hydrogen) atoms. The third kappa shape index (κ3) is 2.16. The molecule has 1 aliphatic rings. The molecule has 1 atom stereocenters. The topological polar surface area (TPSA) is 26.0 Å². The molecule has 0 amide bonds. The Bertz CT molecular complexity index is 285. The number of nitrogens with two attached hydrogens (primary N) is 1. The Morgan fingerprint density at radius 3 is 2.43 bits per heavy atom. The third-order valence-corrected chi connectivity index (χ3v) is 3.03. The molecule has 1 aromatic carbocycles. The van der Waals surface area contributed by atoms with Gasteiger partial charge in [-0.25, -0.2) is 0 Å². The fraction of sp³-hybridized carbons (Fsp3) is 0.538. The van der Waals surface area contributed by atoms with E-state index in [1.807, 2.05) is 0 Å². The second-order valence-corrected chi connectivity index (χ2v) is 4.35. The Kier molecular flexibility index (Phi) is 2.87. The van der Waals surface area contributed by atoms with Crippen LogP contribution in [0.3, 0.4) is 0 Å². The van der Waals surface area contributed by atoms with Gasteiger partial charge in [-0.2, -0.15) is 0 Å². The Balaban J connectivity index is 2.04. The maximum absolute atomic E-state index is 6.12. The van der Waals surface area contributed by atoms with Gasteiger partial charge >= 0.3 is 0 Å². The summed E-state index contributed by atoms with van der Waals surface area (Å²) < 4.78 is 0. The second-order valence-electron chi connectivity index (χ2n) is 4.35. The maximum atomic E-state index is 6.12. The Labute approximate surface area is 86.3 Å². The molecule has 2 rings (SSSR count). The van der Waals surface area contributed by atoms with Crippen LogP contribution < -0.4 is 5.73 Å². The lowest BCUT2D eigenvalue weighted by molar-refractivity contribution is 0.633. The Morgan fingerprint density at radius 2 is 1.93 bits per heavy atom. The molecular formula is C13H19N. The first-order chi connectivity index (χ1) is 6.81. The molecule has 1 aliphatic carbocycles. The molecule has 1 saturated carbocycles. The van der Waals surface area contributed by atoms with Gasteiger partial charge in [0.25, 0.3) is 0 Å². The van der Waals surface area contributed by atoms with E-state index in [-0.39, 0.29) is 6.04 Å². The van der Waals surface area contributed by atoms with Crippen LogP contribution in [0.5, 0.6) is 0 Å². The molecule has 0 heterocycles. The van der Waals surface area contributed by atoms with Gasteiger partial charge in [0.05, 0.1) is 0 Å². The lowest BCUT2D eigenvalue weighted by Gasteiger charge is -2.10. The Hall–Kier alpha value is -0.820. The summed E-state index contributed by atoms with van der Waals surface area (Å²) in [5, 5.41) is 0. The van der Waals surface area contributed by atoms with Gasteiger partial charge in [0, 0.05) is 6.04 Å². The van der Waals surface area contributed by atoms with Crippen LogP contribution in [0.2, 0.25) is 0 Å². The number of hydrogen-bond donors (Lipinski definition) is 1. The summed E-state index contributed by atoms with van der Waals surface area (Å²) in [5.74, 6) is 0.757. The minimum Gasteiger partial charge on any atom is -0.324 e. The van der Waals surface area contributed by atoms with Crippen molar-refractivity contribution in [3.05, 3.63) is 35.4 Å². The van der Waals surface area contributed by atoms with Gasteiger partial charge in [-0.3, -0.25) is 0 Å². The van der Waals surface area contributed by atoms with Crippen molar-refractivity contribution in [3.8, 4) is 0 Å². The standard InChI is InChI=1S/C13H19N/c1-2-3-10-4-6-11(7-5-10)13(14)12-8-9-12/h4-7,12-13H,2-3,8-9,14H2,1H3. The lowest BCUT2D eigenvalue weighted by atomic mass is 10.0. The van der Waals surface area contributed by atoms with Crippen LogP contribution in [0.1, 0.15) is 43.4 Å². The number of rotatable bonds is 4. The molecule has 0 saturated heterocycles. The van der Waals surface area contributed by atoms with Crippen LogP contribution in [0.15, 0.2) is 24.3 Å². The van der Waals surface area contributed by atoms with E-state index < -0.39 is 0 Å². The lowest BCUT2D eigenvalue weighted by Crippen LogP contribution is -2.12. The van der Waals surface area contributed by atoms with E-state index in [4.69, 9.17) is 5.73 Å². The van der Waals surface area contributed by atoms with E-state index in [0.29, 0.717) is 0 Å². The predicted octanol–water partition coefficient (Wildman–Crippen LogP) is 3.05. The van der Waals surface area contributed by atoms with Crippen LogP contribution in [0, 0.1) is 5.92 Å². The molecule has 0 bridgehead atoms. The fourth-order valence-electron chi connectivity index (χ4n) is 1.92. The van der Waals surface area contributed by atoms with Gasteiger partial charge < -0.3 is 5.73 Å². The minimum absolute atomic E-state index is 0.283. The summed E-state index contributed by atoms with van der Waals surface area (Å²) in [6.07, 6.45) is 5.03. The van der Waals surface area contributed by atoms with Crippen LogP contribution in [0.4, 0.5) is 0 Å². The van der Waals surface area contributed by atoms with Gasteiger partial charge in [-0.05, 0) is 36.3 Å². The van der Waals surface area contributed by atoms with Gasteiger partial charge in [-0.15, -0.1) is 0 Å². The van der Waals surface area contributed by atoms with Crippen molar-refractivity contribution in [2.75, 3.05) is 0 Å². The van der Waals surface area contributed by atoms with E-state index >= 15 is 0 Å². The molecular weight excluding hydrogens is 170 g/mol. The van der Waals surface area contributed by atoms with Gasteiger partial charge in [-0.1, -0.05) is 37.6 Å². The number of benzene rings is 1. The zero-order chi connectivity index (χ0) is 9.97. The zero-order valence-corrected chi connectivity index (χ0v) is 8.87. The van der Waals surface area contributed by atoms with Crippen molar-refractivity contribution in [1.82, 2.24) is 0 Å². The van der Waals surface area contributed by atoms with Crippen molar-refractivity contribution < 1.29 is 0 Å². The van der Waals surface area contributed by atoms with Crippen molar-refractivity contribution in [3.63, 3.8) is 0 Å². The van der Waals surface area contributed by atoms with E-state index in [1.54, 1.807) is 0 Å². The average molecular weight is 189 g/mol. The quantitative estimate of drug-likeness (QED) is 0.774. The van der Waals surface area contributed by atoms with Crippen molar-refractivity contribution in [2.45, 2.75) is 38.6 Å². The van der Waals surface area contributed by atoms with Crippen LogP contribution in [0.25, 0.3) is 0 Å². The monoisotopic (exact) mass is 189 g/mol. The maximum Gasteiger partial charge on any atom is 0.0323 e. The summed E-state index contributed by atoms with van der Waals surface area (Å²) in [4.78, 5) is 0. The van der Waals surface area contributed by atoms with Crippen LogP contribution in [-0.4, -0.2) is 0 Å². The minimum atomic E-state index is 0.283. The molecule has 0 radical (unpaired) electrons. The van der Waals surface area contributed by atoms with E-state index in [0.717, 1.165) is 5.92 Å². The molecule has 2 N–H and O–H groups in total. The SMILES string of the molecule is CCCc1ccc(C(N)C2CC2)cc1. The highest BCUT2D eigenvalue weighted by Crippen LogP contribution is 2.39. The first kappa shape index (κ1) is 9.72. The molecule has 1 fully saturated rings. The third-order valence-electron chi connectivity index (χ3n) is 3.03. The second kappa shape index (κ2) is 4.14. The van der Waals surface area contributed by atoms with Crippen molar-refractivity contribution in [1.29, 1.82) is 0 Å². The van der Waals surface area contributed by atoms with Gasteiger partial charge in [0.15, 0.2) is 0 Å². The molecule has 1 aromatic rings. The largest absolute Gasteiger partial charge is 0.324 e. The van der Waals surface area contributed by atoms with Gasteiger partial charge in [0.2, 0.25) is 0 Å². The smallest absolute Gasteiger partial charge is 0.0323 e. The van der Waals surface area contributed by atoms with Crippen LogP contribution in [-0.2, 0) is 6.42 Å². The zero-order valence-electron chi connectivity index (χ0n) is 8.87. The predicted molar refractivity (Wildman–Crippen MR) is 60.1 cm³/mol.